The van der Waals surface area contributed by atoms with Crippen LogP contribution in [0.25, 0.3) is 6.08 Å². The summed E-state index contributed by atoms with van der Waals surface area (Å²) in [7, 11) is 0. The lowest BCUT2D eigenvalue weighted by Gasteiger charge is -2.11. The highest BCUT2D eigenvalue weighted by molar-refractivity contribution is 5.62. The Balaban J connectivity index is 2.40. The van der Waals surface area contributed by atoms with Gasteiger partial charge in [-0.15, -0.1) is 0 Å². The molecular formula is C12H11N. The summed E-state index contributed by atoms with van der Waals surface area (Å²) in [5, 5.41) is 8.84. The standard InChI is InChI=1S/C12H11N/c1-9(8-13)11-7-6-10-4-2-3-5-12(10)11/h2-7,9,11H,1H3. The van der Waals surface area contributed by atoms with E-state index in [1.54, 1.807) is 0 Å². The molecule has 1 aromatic carbocycles. The topological polar surface area (TPSA) is 23.8 Å². The van der Waals surface area contributed by atoms with Gasteiger partial charge in [-0.05, 0) is 18.1 Å². The molecule has 2 unspecified atom stereocenters. The van der Waals surface area contributed by atoms with E-state index in [-0.39, 0.29) is 5.92 Å². The highest BCUT2D eigenvalue weighted by Crippen LogP contribution is 2.34. The SMILES string of the molecule is CC(C#N)C1C=Cc2ccccc21. The van der Waals surface area contributed by atoms with Crippen molar-refractivity contribution in [3.05, 3.63) is 41.5 Å². The summed E-state index contributed by atoms with van der Waals surface area (Å²) < 4.78 is 0. The molecule has 1 heteroatoms. The van der Waals surface area contributed by atoms with E-state index < -0.39 is 0 Å². The Hall–Kier alpha value is -1.55. The van der Waals surface area contributed by atoms with Crippen molar-refractivity contribution in [3.8, 4) is 6.07 Å². The van der Waals surface area contributed by atoms with Crippen LogP contribution in [0.1, 0.15) is 24.0 Å². The lowest BCUT2D eigenvalue weighted by molar-refractivity contribution is 0.663. The van der Waals surface area contributed by atoms with E-state index in [1.807, 2.05) is 19.1 Å². The molecule has 0 saturated carbocycles. The molecular weight excluding hydrogens is 158 g/mol. The fourth-order valence-electron chi connectivity index (χ4n) is 1.79. The Kier molecular flexibility index (Phi) is 1.90. The highest BCUT2D eigenvalue weighted by Gasteiger charge is 2.21. The van der Waals surface area contributed by atoms with Crippen LogP contribution in [-0.2, 0) is 0 Å². The molecule has 0 N–H and O–H groups in total. The first-order valence-corrected chi connectivity index (χ1v) is 4.49. The van der Waals surface area contributed by atoms with E-state index in [1.165, 1.54) is 11.1 Å². The monoisotopic (exact) mass is 169 g/mol. The van der Waals surface area contributed by atoms with Crippen LogP contribution in [0.2, 0.25) is 0 Å². The molecule has 1 aliphatic carbocycles. The summed E-state index contributed by atoms with van der Waals surface area (Å²) in [6.45, 7) is 1.97. The minimum absolute atomic E-state index is 0.0694. The number of fused-ring (bicyclic) bond motifs is 1. The van der Waals surface area contributed by atoms with Gasteiger partial charge in [0.1, 0.15) is 0 Å². The highest BCUT2D eigenvalue weighted by atomic mass is 14.3. The van der Waals surface area contributed by atoms with E-state index >= 15 is 0 Å². The lowest BCUT2D eigenvalue weighted by Crippen LogP contribution is -2.02. The first-order valence-electron chi connectivity index (χ1n) is 4.49. The molecule has 64 valence electrons. The van der Waals surface area contributed by atoms with Crippen molar-refractivity contribution in [1.82, 2.24) is 0 Å². The van der Waals surface area contributed by atoms with E-state index in [9.17, 15) is 0 Å². The van der Waals surface area contributed by atoms with Crippen LogP contribution in [0.4, 0.5) is 0 Å². The normalized spacial score (nSPS) is 20.8. The summed E-state index contributed by atoms with van der Waals surface area (Å²) >= 11 is 0. The lowest BCUT2D eigenvalue weighted by atomic mass is 9.90. The molecule has 1 aliphatic rings. The Labute approximate surface area is 78.3 Å². The quantitative estimate of drug-likeness (QED) is 0.634. The van der Waals surface area contributed by atoms with Crippen molar-refractivity contribution in [3.63, 3.8) is 0 Å². The minimum atomic E-state index is 0.0694. The molecule has 0 bridgehead atoms. The average molecular weight is 169 g/mol. The van der Waals surface area contributed by atoms with Crippen LogP contribution in [0, 0.1) is 17.2 Å². The van der Waals surface area contributed by atoms with Gasteiger partial charge in [-0.1, -0.05) is 36.4 Å². The molecule has 1 nitrogen and oxygen atoms in total. The molecule has 0 aromatic heterocycles. The van der Waals surface area contributed by atoms with Gasteiger partial charge in [-0.25, -0.2) is 0 Å². The Bertz CT molecular complexity index is 384. The van der Waals surface area contributed by atoms with Gasteiger partial charge in [0, 0.05) is 5.92 Å². The zero-order valence-electron chi connectivity index (χ0n) is 7.57. The summed E-state index contributed by atoms with van der Waals surface area (Å²) in [4.78, 5) is 0. The second kappa shape index (κ2) is 3.06. The van der Waals surface area contributed by atoms with Gasteiger partial charge in [0.25, 0.3) is 0 Å². The maximum atomic E-state index is 8.84. The number of nitriles is 1. The summed E-state index contributed by atoms with van der Waals surface area (Å²) in [6.07, 6.45) is 4.23. The maximum Gasteiger partial charge on any atom is 0.0662 e. The summed E-state index contributed by atoms with van der Waals surface area (Å²) in [5.41, 5.74) is 2.55. The molecule has 13 heavy (non-hydrogen) atoms. The molecule has 0 saturated heterocycles. The van der Waals surface area contributed by atoms with Crippen molar-refractivity contribution in [1.29, 1.82) is 5.26 Å². The van der Waals surface area contributed by atoms with Crippen molar-refractivity contribution in [2.45, 2.75) is 12.8 Å². The third-order valence-electron chi connectivity index (χ3n) is 2.58. The number of rotatable bonds is 1. The first kappa shape index (κ1) is 8.07. The summed E-state index contributed by atoms with van der Waals surface area (Å²) in [6, 6.07) is 10.6. The molecule has 0 amide bonds. The third kappa shape index (κ3) is 1.25. The number of allylic oxidation sites excluding steroid dienone is 1. The van der Waals surface area contributed by atoms with Crippen molar-refractivity contribution >= 4 is 6.08 Å². The van der Waals surface area contributed by atoms with Crippen LogP contribution in [0.5, 0.6) is 0 Å². The van der Waals surface area contributed by atoms with Gasteiger partial charge < -0.3 is 0 Å². The largest absolute Gasteiger partial charge is 0.198 e. The molecule has 1 aromatic rings. The Morgan fingerprint density at radius 1 is 1.38 bits per heavy atom. The van der Waals surface area contributed by atoms with Gasteiger partial charge in [-0.3, -0.25) is 0 Å². The number of hydrogen-bond donors (Lipinski definition) is 0. The first-order chi connectivity index (χ1) is 6.33. The molecule has 0 fully saturated rings. The predicted octanol–water partition coefficient (Wildman–Crippen LogP) is 2.96. The third-order valence-corrected chi connectivity index (χ3v) is 2.58. The van der Waals surface area contributed by atoms with E-state index in [0.717, 1.165) is 0 Å². The number of hydrogen-bond acceptors (Lipinski definition) is 1. The van der Waals surface area contributed by atoms with Gasteiger partial charge in [0.2, 0.25) is 0 Å². The van der Waals surface area contributed by atoms with Crippen molar-refractivity contribution in [2.75, 3.05) is 0 Å². The predicted molar refractivity (Wildman–Crippen MR) is 53.0 cm³/mol. The van der Waals surface area contributed by atoms with Crippen molar-refractivity contribution < 1.29 is 0 Å². The van der Waals surface area contributed by atoms with Crippen LogP contribution in [0.15, 0.2) is 30.3 Å². The minimum Gasteiger partial charge on any atom is -0.198 e. The number of benzene rings is 1. The van der Waals surface area contributed by atoms with E-state index in [2.05, 4.69) is 30.4 Å². The van der Waals surface area contributed by atoms with Gasteiger partial charge in [0.05, 0.1) is 12.0 Å². The van der Waals surface area contributed by atoms with Gasteiger partial charge in [-0.2, -0.15) is 5.26 Å². The van der Waals surface area contributed by atoms with Crippen molar-refractivity contribution in [2.24, 2.45) is 5.92 Å². The molecule has 0 aliphatic heterocycles. The fraction of sp³-hybridized carbons (Fsp3) is 0.250. The van der Waals surface area contributed by atoms with Gasteiger partial charge in [0.15, 0.2) is 0 Å². The zero-order valence-corrected chi connectivity index (χ0v) is 7.57. The second-order valence-corrected chi connectivity index (χ2v) is 3.43. The zero-order chi connectivity index (χ0) is 9.26. The maximum absolute atomic E-state index is 8.84. The van der Waals surface area contributed by atoms with Crippen LogP contribution in [0.3, 0.4) is 0 Å². The molecule has 0 heterocycles. The van der Waals surface area contributed by atoms with Crippen LogP contribution < -0.4 is 0 Å². The van der Waals surface area contributed by atoms with E-state index in [4.69, 9.17) is 5.26 Å². The smallest absolute Gasteiger partial charge is 0.0662 e. The molecule has 0 radical (unpaired) electrons. The molecule has 2 atom stereocenters. The average Bonchev–Trinajstić information content (AvgIpc) is 2.60. The fourth-order valence-corrected chi connectivity index (χ4v) is 1.79. The Morgan fingerprint density at radius 2 is 2.15 bits per heavy atom. The number of nitrogens with zero attached hydrogens (tertiary/aromatic N) is 1. The second-order valence-electron chi connectivity index (χ2n) is 3.43. The summed E-state index contributed by atoms with van der Waals surface area (Å²) in [5.74, 6) is 0.362. The Morgan fingerprint density at radius 3 is 2.92 bits per heavy atom. The van der Waals surface area contributed by atoms with Crippen LogP contribution >= 0.6 is 0 Å². The van der Waals surface area contributed by atoms with Gasteiger partial charge >= 0.3 is 0 Å². The molecule has 0 spiro atoms. The van der Waals surface area contributed by atoms with Crippen LogP contribution in [-0.4, -0.2) is 0 Å². The molecule has 2 rings (SSSR count). The van der Waals surface area contributed by atoms with E-state index in [0.29, 0.717) is 5.92 Å².